The van der Waals surface area contributed by atoms with Crippen molar-refractivity contribution in [1.29, 1.82) is 0 Å². The SMILES string of the molecule is CC(=O)O[C@@]12CO[C@@H]1C[C@@H](C)[C@]1(C)[C@@H]2[C@H](OC(=O)c2ccccc2)[C@]2(O)C[C@H](C)C(C)=C([C@H](C)[C@@H]1O)C2(C)C. The van der Waals surface area contributed by atoms with Crippen LogP contribution < -0.4 is 0 Å². The quantitative estimate of drug-likeness (QED) is 0.423. The summed E-state index contributed by atoms with van der Waals surface area (Å²) in [5.74, 6) is -2.08. The van der Waals surface area contributed by atoms with Crippen molar-refractivity contribution in [3.8, 4) is 0 Å². The summed E-state index contributed by atoms with van der Waals surface area (Å²) in [5, 5.41) is 25.4. The van der Waals surface area contributed by atoms with E-state index in [1.807, 2.05) is 33.8 Å². The minimum atomic E-state index is -1.50. The molecule has 5 rings (SSSR count). The van der Waals surface area contributed by atoms with Crippen molar-refractivity contribution >= 4 is 11.9 Å². The van der Waals surface area contributed by atoms with E-state index >= 15 is 0 Å². The first kappa shape index (κ1) is 28.3. The molecule has 214 valence electrons. The van der Waals surface area contributed by atoms with E-state index in [-0.39, 0.29) is 24.4 Å². The summed E-state index contributed by atoms with van der Waals surface area (Å²) < 4.78 is 18.7. The first-order chi connectivity index (χ1) is 18.1. The number of carbonyl (C=O) groups is 2. The van der Waals surface area contributed by atoms with Gasteiger partial charge in [-0.2, -0.15) is 0 Å². The molecule has 2 bridgehead atoms. The van der Waals surface area contributed by atoms with Gasteiger partial charge in [-0.15, -0.1) is 0 Å². The first-order valence-electron chi connectivity index (χ1n) is 14.3. The van der Waals surface area contributed by atoms with Crippen LogP contribution in [0.4, 0.5) is 0 Å². The van der Waals surface area contributed by atoms with Crippen LogP contribution in [0.5, 0.6) is 0 Å². The standard InChI is InChI=1S/C32H44O7/c1-17-15-32(36)27(38-28(35)22-12-10-9-11-13-22)25-30(8,26(34)20(4)24(19(17)3)29(32,6)7)18(2)14-23-31(25,16-37-23)39-21(5)33/h9-13,17-18,20,23,25-27,34,36H,14-16H2,1-8H3/t17-,18+,20-,23+,25-,26-,27-,30+,31-,32+/m0/s1. The normalized spacial score (nSPS) is 44.6. The molecule has 0 radical (unpaired) electrons. The largest absolute Gasteiger partial charge is 0.455 e. The van der Waals surface area contributed by atoms with Crippen LogP contribution in [0, 0.1) is 34.5 Å². The van der Waals surface area contributed by atoms with E-state index in [0.717, 1.165) is 11.1 Å². The Morgan fingerprint density at radius 1 is 1.08 bits per heavy atom. The fourth-order valence-corrected chi connectivity index (χ4v) is 8.98. The number of aliphatic hydroxyl groups is 2. The minimum absolute atomic E-state index is 0.00548. The van der Waals surface area contributed by atoms with Crippen LogP contribution in [0.1, 0.15) is 78.6 Å². The molecule has 0 aromatic heterocycles. The van der Waals surface area contributed by atoms with Crippen LogP contribution in [0.25, 0.3) is 0 Å². The highest BCUT2D eigenvalue weighted by atomic mass is 16.6. The molecule has 2 N–H and O–H groups in total. The van der Waals surface area contributed by atoms with E-state index in [0.29, 0.717) is 18.4 Å². The summed E-state index contributed by atoms with van der Waals surface area (Å²) in [7, 11) is 0. The van der Waals surface area contributed by atoms with Gasteiger partial charge in [-0.3, -0.25) is 4.79 Å². The van der Waals surface area contributed by atoms with E-state index in [9.17, 15) is 19.8 Å². The van der Waals surface area contributed by atoms with Crippen molar-refractivity contribution < 1.29 is 34.0 Å². The van der Waals surface area contributed by atoms with Gasteiger partial charge in [0.2, 0.25) is 0 Å². The predicted octanol–water partition coefficient (Wildman–Crippen LogP) is 4.70. The molecule has 4 aliphatic rings. The second-order valence-electron chi connectivity index (χ2n) is 13.5. The Kier molecular flexibility index (Phi) is 6.64. The smallest absolute Gasteiger partial charge is 0.338 e. The number of esters is 2. The van der Waals surface area contributed by atoms with Crippen molar-refractivity contribution in [2.24, 2.45) is 34.5 Å². The summed E-state index contributed by atoms with van der Waals surface area (Å²) in [6.07, 6.45) is -1.39. The summed E-state index contributed by atoms with van der Waals surface area (Å²) in [6.45, 7) is 15.8. The maximum Gasteiger partial charge on any atom is 0.338 e. The van der Waals surface area contributed by atoms with Crippen LogP contribution in [0.2, 0.25) is 0 Å². The van der Waals surface area contributed by atoms with Crippen molar-refractivity contribution in [1.82, 2.24) is 0 Å². The molecule has 2 saturated carbocycles. The summed E-state index contributed by atoms with van der Waals surface area (Å²) in [5.41, 5.74) is -1.81. The average Bonchev–Trinajstić information content (AvgIpc) is 2.87. The zero-order chi connectivity index (χ0) is 28.7. The van der Waals surface area contributed by atoms with Crippen LogP contribution >= 0.6 is 0 Å². The lowest BCUT2D eigenvalue weighted by molar-refractivity contribution is -0.356. The first-order valence-corrected chi connectivity index (χ1v) is 14.3. The van der Waals surface area contributed by atoms with Gasteiger partial charge >= 0.3 is 11.9 Å². The number of benzene rings is 1. The van der Waals surface area contributed by atoms with Gasteiger partial charge in [-0.1, -0.05) is 70.9 Å². The molecule has 10 atom stereocenters. The molecule has 7 heteroatoms. The Morgan fingerprint density at radius 2 is 1.72 bits per heavy atom. The maximum absolute atomic E-state index is 13.8. The topological polar surface area (TPSA) is 102 Å². The number of allylic oxidation sites excluding steroid dienone is 1. The van der Waals surface area contributed by atoms with Crippen molar-refractivity contribution in [3.63, 3.8) is 0 Å². The molecular weight excluding hydrogens is 496 g/mol. The molecule has 1 aromatic carbocycles. The van der Waals surface area contributed by atoms with E-state index < -0.39 is 58.2 Å². The maximum atomic E-state index is 13.8. The fourth-order valence-electron chi connectivity index (χ4n) is 8.98. The van der Waals surface area contributed by atoms with Gasteiger partial charge < -0.3 is 24.4 Å². The van der Waals surface area contributed by atoms with Crippen molar-refractivity contribution in [3.05, 3.63) is 47.0 Å². The molecule has 0 unspecified atom stereocenters. The van der Waals surface area contributed by atoms with Crippen LogP contribution in [-0.4, -0.2) is 58.3 Å². The van der Waals surface area contributed by atoms with Gasteiger partial charge in [0.1, 0.15) is 17.8 Å². The Labute approximate surface area is 231 Å². The van der Waals surface area contributed by atoms with Crippen molar-refractivity contribution in [2.45, 2.75) is 97.7 Å². The highest BCUT2D eigenvalue weighted by Gasteiger charge is 2.76. The monoisotopic (exact) mass is 540 g/mol. The zero-order valence-corrected chi connectivity index (χ0v) is 24.5. The van der Waals surface area contributed by atoms with E-state index in [2.05, 4.69) is 20.8 Å². The highest BCUT2D eigenvalue weighted by Crippen LogP contribution is 2.67. The van der Waals surface area contributed by atoms with Gasteiger partial charge in [0, 0.05) is 23.7 Å². The second-order valence-corrected chi connectivity index (χ2v) is 13.5. The van der Waals surface area contributed by atoms with E-state index in [4.69, 9.17) is 14.2 Å². The third kappa shape index (κ3) is 3.72. The summed E-state index contributed by atoms with van der Waals surface area (Å²) in [4.78, 5) is 26.4. The van der Waals surface area contributed by atoms with Gasteiger partial charge in [0.05, 0.1) is 24.2 Å². The highest BCUT2D eigenvalue weighted by molar-refractivity contribution is 5.89. The molecule has 1 heterocycles. The molecule has 1 aliphatic heterocycles. The molecule has 1 aromatic rings. The number of rotatable bonds is 3. The lowest BCUT2D eigenvalue weighted by atomic mass is 9.41. The van der Waals surface area contributed by atoms with Crippen LogP contribution in [0.3, 0.4) is 0 Å². The predicted molar refractivity (Wildman–Crippen MR) is 146 cm³/mol. The van der Waals surface area contributed by atoms with Crippen LogP contribution in [-0.2, 0) is 19.0 Å². The number of hydrogen-bond acceptors (Lipinski definition) is 7. The molecule has 7 nitrogen and oxygen atoms in total. The Morgan fingerprint density at radius 3 is 2.28 bits per heavy atom. The third-order valence-electron chi connectivity index (χ3n) is 11.3. The molecule has 39 heavy (non-hydrogen) atoms. The summed E-state index contributed by atoms with van der Waals surface area (Å²) in [6, 6.07) is 8.76. The van der Waals surface area contributed by atoms with Crippen LogP contribution in [0.15, 0.2) is 41.5 Å². The molecule has 0 amide bonds. The fraction of sp³-hybridized carbons (Fsp3) is 0.688. The second kappa shape index (κ2) is 9.15. The third-order valence-corrected chi connectivity index (χ3v) is 11.3. The van der Waals surface area contributed by atoms with E-state index in [1.165, 1.54) is 6.92 Å². The molecule has 3 aliphatic carbocycles. The number of hydrogen-bond donors (Lipinski definition) is 2. The van der Waals surface area contributed by atoms with Gasteiger partial charge in [0.25, 0.3) is 0 Å². The minimum Gasteiger partial charge on any atom is -0.455 e. The van der Waals surface area contributed by atoms with Crippen molar-refractivity contribution in [2.75, 3.05) is 6.61 Å². The number of carbonyl (C=O) groups excluding carboxylic acids is 2. The molecular formula is C32H44O7. The Bertz CT molecular complexity index is 1190. The van der Waals surface area contributed by atoms with Gasteiger partial charge in [0.15, 0.2) is 5.60 Å². The van der Waals surface area contributed by atoms with E-state index in [1.54, 1.807) is 24.3 Å². The Balaban J connectivity index is 1.80. The average molecular weight is 541 g/mol. The zero-order valence-electron chi connectivity index (χ0n) is 24.5. The van der Waals surface area contributed by atoms with Gasteiger partial charge in [-0.25, -0.2) is 4.79 Å². The number of ether oxygens (including phenoxy) is 3. The number of fused-ring (bicyclic) bond motifs is 5. The number of aliphatic hydroxyl groups excluding tert-OH is 1. The lowest BCUT2D eigenvalue weighted by Gasteiger charge is -2.70. The summed E-state index contributed by atoms with van der Waals surface area (Å²) >= 11 is 0. The van der Waals surface area contributed by atoms with Gasteiger partial charge in [-0.05, 0) is 43.7 Å². The Hall–Kier alpha value is -2.22. The molecule has 3 fully saturated rings. The molecule has 1 saturated heterocycles. The lowest BCUT2D eigenvalue weighted by Crippen LogP contribution is -2.80. The molecule has 0 spiro atoms.